The highest BCUT2D eigenvalue weighted by Gasteiger charge is 2.26. The molecule has 0 atom stereocenters. The average molecular weight is 1390 g/mol. The van der Waals surface area contributed by atoms with Crippen molar-refractivity contribution in [2.45, 2.75) is 486 Å². The third-order valence-electron chi connectivity index (χ3n) is 20.8. The lowest BCUT2D eigenvalue weighted by molar-refractivity contribution is -0.929. The molecule has 0 N–H and O–H groups in total. The van der Waals surface area contributed by atoms with Crippen molar-refractivity contribution in [2.24, 2.45) is 0 Å². The molecule has 0 saturated carbocycles. The number of hydrogen-bond donors (Lipinski definition) is 0. The van der Waals surface area contributed by atoms with E-state index in [1.54, 1.807) is 0 Å². The first kappa shape index (κ1) is 103. The molecule has 0 aromatic carbocycles. The number of aliphatic carboxylic acids is 2. The van der Waals surface area contributed by atoms with Crippen molar-refractivity contribution in [1.82, 2.24) is 0 Å². The van der Waals surface area contributed by atoms with Crippen molar-refractivity contribution in [2.75, 3.05) is 52.9 Å². The van der Waals surface area contributed by atoms with Gasteiger partial charge in [-0.3, -0.25) is 0 Å². The quantitative estimate of drug-likeness (QED) is 0.0345. The zero-order valence-corrected chi connectivity index (χ0v) is 69.8. The number of carbonyl (C=O) groups excluding carboxylic acids is 2. The molecule has 0 aromatic heterocycles. The van der Waals surface area contributed by atoms with Crippen LogP contribution in [-0.2, 0) is 9.59 Å². The summed E-state index contributed by atoms with van der Waals surface area (Å²) in [5.74, 6) is -1.84. The summed E-state index contributed by atoms with van der Waals surface area (Å²) in [5, 5.41) is 20.4. The van der Waals surface area contributed by atoms with Crippen LogP contribution in [0.2, 0.25) is 0 Å². The van der Waals surface area contributed by atoms with Gasteiger partial charge in [-0.05, 0) is 180 Å². The fourth-order valence-electron chi connectivity index (χ4n) is 13.9. The molecule has 0 heterocycles. The van der Waals surface area contributed by atoms with Gasteiger partial charge in [-0.1, -0.05) is 355 Å². The fraction of sp³-hybridized carbons (Fsp3) is 0.892. The van der Waals surface area contributed by atoms with E-state index in [9.17, 15) is 19.8 Å². The number of rotatable bonds is 77. The van der Waals surface area contributed by atoms with Gasteiger partial charge in [0, 0.05) is 11.9 Å². The monoisotopic (exact) mass is 1390 g/mol. The van der Waals surface area contributed by atoms with Crippen LogP contribution in [0.1, 0.15) is 486 Å². The summed E-state index contributed by atoms with van der Waals surface area (Å²) in [6.45, 7) is 30.9. The zero-order chi connectivity index (χ0) is 73.4. The van der Waals surface area contributed by atoms with Crippen LogP contribution < -0.4 is 10.2 Å². The van der Waals surface area contributed by atoms with E-state index in [4.69, 9.17) is 0 Å². The lowest BCUT2D eigenvalue weighted by Crippen LogP contribution is -2.50. The van der Waals surface area contributed by atoms with Crippen molar-refractivity contribution in [3.63, 3.8) is 0 Å². The van der Waals surface area contributed by atoms with E-state index in [1.165, 1.54) is 402 Å². The number of carboxylic acid groups (broad SMARTS) is 2. The van der Waals surface area contributed by atoms with Gasteiger partial charge >= 0.3 is 0 Å². The Kier molecular flexibility index (Phi) is 95.8. The molecule has 0 aliphatic carbocycles. The normalized spacial score (nSPS) is 11.9. The highest BCUT2D eigenvalue weighted by Crippen LogP contribution is 2.22. The molecule has 0 aliphatic heterocycles. The van der Waals surface area contributed by atoms with Crippen molar-refractivity contribution in [3.05, 3.63) is 48.6 Å². The highest BCUT2D eigenvalue weighted by atomic mass is 16.4. The zero-order valence-electron chi connectivity index (χ0n) is 69.8. The lowest BCUT2D eigenvalue weighted by atomic mass is 10.0. The minimum Gasteiger partial charge on any atom is -0.550 e. The van der Waals surface area contributed by atoms with Crippen LogP contribution in [0, 0.1) is 0 Å². The molecule has 6 nitrogen and oxygen atoms in total. The average Bonchev–Trinajstić information content (AvgIpc) is 1.02. The van der Waals surface area contributed by atoms with Crippen LogP contribution >= 0.6 is 0 Å². The van der Waals surface area contributed by atoms with Crippen molar-refractivity contribution < 1.29 is 28.8 Å². The molecule has 0 rings (SSSR count). The predicted octanol–water partition coefficient (Wildman–Crippen LogP) is 28.9. The second-order valence-corrected chi connectivity index (χ2v) is 31.1. The third kappa shape index (κ3) is 93.8. The molecule has 0 saturated heterocycles. The molecule has 6 heteroatoms. The van der Waals surface area contributed by atoms with Gasteiger partial charge in [0.2, 0.25) is 0 Å². The van der Waals surface area contributed by atoms with Gasteiger partial charge in [-0.15, -0.1) is 0 Å². The lowest BCUT2D eigenvalue weighted by Gasteiger charge is -2.40. The van der Waals surface area contributed by atoms with Crippen molar-refractivity contribution >= 4 is 11.9 Å². The number of unbranched alkanes of at least 4 members (excludes halogenated alkanes) is 51. The summed E-state index contributed by atoms with van der Waals surface area (Å²) in [7, 11) is 2.56. The van der Waals surface area contributed by atoms with E-state index in [2.05, 4.69) is 118 Å². The van der Waals surface area contributed by atoms with Gasteiger partial charge in [-0.25, -0.2) is 0 Å². The highest BCUT2D eigenvalue weighted by molar-refractivity contribution is 5.64. The molecule has 0 spiro atoms. The first-order valence-corrected chi connectivity index (χ1v) is 45.1. The molecule has 0 aliphatic rings. The molecule has 0 fully saturated rings. The summed E-state index contributed by atoms with van der Waals surface area (Å²) in [6.07, 6.45) is 105. The number of quaternary nitrogens is 2. The van der Waals surface area contributed by atoms with Gasteiger partial charge in [0.25, 0.3) is 0 Å². The first-order valence-electron chi connectivity index (χ1n) is 45.1. The van der Waals surface area contributed by atoms with E-state index in [-0.39, 0.29) is 12.8 Å². The summed E-state index contributed by atoms with van der Waals surface area (Å²) in [4.78, 5) is 20.4. The number of nitrogens with zero attached hydrogens (tertiary/aromatic N) is 2. The smallest absolute Gasteiger partial charge is 0.0786 e. The number of hydrogen-bond acceptors (Lipinski definition) is 4. The predicted molar refractivity (Wildman–Crippen MR) is 443 cm³/mol. The number of allylic oxidation sites excluding steroid dienone is 8. The van der Waals surface area contributed by atoms with Gasteiger partial charge < -0.3 is 28.8 Å². The molecule has 0 amide bonds. The van der Waals surface area contributed by atoms with Crippen LogP contribution in [0.15, 0.2) is 48.6 Å². The second kappa shape index (κ2) is 91.9. The largest absolute Gasteiger partial charge is 0.550 e. The minimum absolute atomic E-state index is 0.213. The molecule has 0 radical (unpaired) electrons. The summed E-state index contributed by atoms with van der Waals surface area (Å²) in [6, 6.07) is 0. The SMILES string of the molecule is CCCCC/C=C\C/C=C\CCCCCCCC(=O)[O-].CCCCC/C=C\C/C=C\CCCCCCCC(=O)[O-].CCCCCCCC[N+](C)(CCCCCCCC)CCCCCCCC.CCCCCCCC[N+](CCCCCCCC)(CCCCCCCC)CCCCCCCC. The number of carbonyl (C=O) groups is 2. The maximum absolute atomic E-state index is 10.2. The van der Waals surface area contributed by atoms with E-state index in [0.29, 0.717) is 0 Å². The van der Waals surface area contributed by atoms with Crippen LogP contribution in [0.5, 0.6) is 0 Å². The Morgan fingerprint density at radius 1 is 0.212 bits per heavy atom. The fourth-order valence-corrected chi connectivity index (χ4v) is 13.9. The summed E-state index contributed by atoms with van der Waals surface area (Å²) in [5.41, 5.74) is 0. The van der Waals surface area contributed by atoms with Crippen LogP contribution in [0.4, 0.5) is 0 Å². The topological polar surface area (TPSA) is 80.3 Å². The summed E-state index contributed by atoms with van der Waals surface area (Å²) < 4.78 is 2.83. The standard InChI is InChI=1S/C32H68N.C25H54N.2C18H32O2/c1-5-9-13-17-21-25-29-33(30-26-22-18-14-10-6-2,31-27-23-19-15-11-7-3)32-28-24-20-16-12-8-4;1-5-8-11-14-17-20-23-26(4,24-21-18-15-12-9-6-2)25-22-19-16-13-10-7-3;2*1-2-3-4-5-6-7-8-9-10-11-12-13-14-15-16-17-18(19)20/h5-32H2,1-4H3;5-25H2,1-4H3;2*6-7,9-10H,2-5,8,11-17H2,1H3,(H,19,20)/q2*+1;;/p-2/b;;2*7-6-,10-9-. The Bertz CT molecular complexity index is 1450. The van der Waals surface area contributed by atoms with E-state index < -0.39 is 11.9 Å². The van der Waals surface area contributed by atoms with Crippen LogP contribution in [0.25, 0.3) is 0 Å². The van der Waals surface area contributed by atoms with Crippen LogP contribution in [0.3, 0.4) is 0 Å². The molecule has 0 unspecified atom stereocenters. The Morgan fingerprint density at radius 2 is 0.374 bits per heavy atom. The third-order valence-corrected chi connectivity index (χ3v) is 20.8. The first-order chi connectivity index (χ1) is 48.5. The molecule has 590 valence electrons. The Hall–Kier alpha value is -2.18. The van der Waals surface area contributed by atoms with Gasteiger partial charge in [0.1, 0.15) is 0 Å². The van der Waals surface area contributed by atoms with E-state index in [0.717, 1.165) is 64.2 Å². The maximum Gasteiger partial charge on any atom is 0.0786 e. The van der Waals surface area contributed by atoms with Gasteiger partial charge in [0.05, 0.1) is 52.9 Å². The Morgan fingerprint density at radius 3 is 0.586 bits per heavy atom. The Balaban J connectivity index is -0.000000621. The molecule has 0 aromatic rings. The Labute approximate surface area is 624 Å². The van der Waals surface area contributed by atoms with E-state index >= 15 is 0 Å². The molecule has 0 bridgehead atoms. The van der Waals surface area contributed by atoms with Crippen LogP contribution in [-0.4, -0.2) is 73.8 Å². The van der Waals surface area contributed by atoms with Crippen molar-refractivity contribution in [1.29, 1.82) is 0 Å². The van der Waals surface area contributed by atoms with E-state index in [1.807, 2.05) is 0 Å². The maximum atomic E-state index is 10.2. The molecular formula is C93H184N2O4. The molecule has 99 heavy (non-hydrogen) atoms. The second-order valence-electron chi connectivity index (χ2n) is 31.1. The summed E-state index contributed by atoms with van der Waals surface area (Å²) >= 11 is 0. The number of carboxylic acids is 2. The van der Waals surface area contributed by atoms with Gasteiger partial charge in [0.15, 0.2) is 0 Å². The van der Waals surface area contributed by atoms with Crippen molar-refractivity contribution in [3.8, 4) is 0 Å². The minimum atomic E-state index is -0.921. The van der Waals surface area contributed by atoms with Gasteiger partial charge in [-0.2, -0.15) is 0 Å². The molecular weight excluding hydrogens is 1210 g/mol.